The summed E-state index contributed by atoms with van der Waals surface area (Å²) >= 11 is 1.17. The maximum Gasteiger partial charge on any atom is 0.326 e. The minimum absolute atomic E-state index is 0.405. The topological polar surface area (TPSA) is 86.6 Å². The number of carbonyl (C=O) groups is 2. The molecule has 0 bridgehead atoms. The van der Waals surface area contributed by atoms with Crippen molar-refractivity contribution in [1.29, 1.82) is 0 Å². The van der Waals surface area contributed by atoms with Gasteiger partial charge in [0.15, 0.2) is 0 Å². The molecule has 1 aromatic rings. The largest absolute Gasteiger partial charge is 0.480 e. The van der Waals surface area contributed by atoms with Crippen molar-refractivity contribution in [3.63, 3.8) is 0 Å². The average Bonchev–Trinajstić information content (AvgIpc) is 2.89. The van der Waals surface area contributed by atoms with Crippen molar-refractivity contribution in [1.82, 2.24) is 5.32 Å². The number of aliphatic carboxylic acids is 1. The van der Waals surface area contributed by atoms with Gasteiger partial charge in [0.25, 0.3) is 5.91 Å². The highest BCUT2D eigenvalue weighted by atomic mass is 32.1. The molecule has 0 saturated heterocycles. The highest BCUT2D eigenvalue weighted by Crippen LogP contribution is 2.16. The fourth-order valence-electron chi connectivity index (χ4n) is 1.64. The molecule has 1 aromatic heterocycles. The van der Waals surface area contributed by atoms with E-state index in [0.717, 1.165) is 12.8 Å². The standard InChI is InChI=1S/C16H21NO4S/c1-4-5-6-12(15(19)20)17-14(18)13-8-7-11(22-13)9-10-16(2,3)21/h7-8,12,21H,4-6H2,1-3H3,(H,17,18)(H,19,20). The molecule has 0 spiro atoms. The third-order valence-electron chi connectivity index (χ3n) is 2.77. The summed E-state index contributed by atoms with van der Waals surface area (Å²) in [5.74, 6) is 4.02. The first kappa shape index (κ1) is 18.2. The van der Waals surface area contributed by atoms with Crippen LogP contribution >= 0.6 is 11.3 Å². The highest BCUT2D eigenvalue weighted by molar-refractivity contribution is 7.14. The Labute approximate surface area is 134 Å². The Balaban J connectivity index is 2.75. The lowest BCUT2D eigenvalue weighted by Crippen LogP contribution is -2.40. The Morgan fingerprint density at radius 3 is 2.64 bits per heavy atom. The molecular weight excluding hydrogens is 302 g/mol. The van der Waals surface area contributed by atoms with E-state index in [2.05, 4.69) is 17.2 Å². The molecule has 1 atom stereocenters. The number of thiophene rings is 1. The lowest BCUT2D eigenvalue weighted by molar-refractivity contribution is -0.139. The van der Waals surface area contributed by atoms with E-state index in [1.54, 1.807) is 26.0 Å². The van der Waals surface area contributed by atoms with Gasteiger partial charge in [0.2, 0.25) is 0 Å². The summed E-state index contributed by atoms with van der Waals surface area (Å²) in [4.78, 5) is 24.3. The molecule has 0 saturated carbocycles. The van der Waals surface area contributed by atoms with Crippen LogP contribution in [0, 0.1) is 11.8 Å². The van der Waals surface area contributed by atoms with Gasteiger partial charge in [0.1, 0.15) is 11.6 Å². The number of nitrogens with one attached hydrogen (secondary N) is 1. The quantitative estimate of drug-likeness (QED) is 0.701. The van der Waals surface area contributed by atoms with Crippen molar-refractivity contribution < 1.29 is 19.8 Å². The van der Waals surface area contributed by atoms with Gasteiger partial charge in [-0.05, 0) is 32.4 Å². The van der Waals surface area contributed by atoms with Gasteiger partial charge < -0.3 is 15.5 Å². The van der Waals surface area contributed by atoms with Gasteiger partial charge in [-0.1, -0.05) is 31.6 Å². The second kappa shape index (κ2) is 7.97. The fraction of sp³-hybridized carbons (Fsp3) is 0.500. The molecular formula is C16H21NO4S. The third-order valence-corrected chi connectivity index (χ3v) is 3.77. The molecule has 1 heterocycles. The lowest BCUT2D eigenvalue weighted by atomic mass is 10.1. The third kappa shape index (κ3) is 6.29. The number of aliphatic hydroxyl groups is 1. The summed E-state index contributed by atoms with van der Waals surface area (Å²) in [5, 5.41) is 21.2. The van der Waals surface area contributed by atoms with Crippen LogP contribution in [0.5, 0.6) is 0 Å². The van der Waals surface area contributed by atoms with Crippen molar-refractivity contribution >= 4 is 23.2 Å². The summed E-state index contributed by atoms with van der Waals surface area (Å²) in [5.41, 5.74) is -1.10. The summed E-state index contributed by atoms with van der Waals surface area (Å²) in [6.07, 6.45) is 2.02. The smallest absolute Gasteiger partial charge is 0.326 e. The Morgan fingerprint density at radius 2 is 2.09 bits per heavy atom. The van der Waals surface area contributed by atoms with Crippen molar-refractivity contribution in [2.75, 3.05) is 0 Å². The predicted molar refractivity (Wildman–Crippen MR) is 85.9 cm³/mol. The molecule has 0 aliphatic rings. The molecule has 1 unspecified atom stereocenters. The summed E-state index contributed by atoms with van der Waals surface area (Å²) in [7, 11) is 0. The Kier molecular flexibility index (Phi) is 6.60. The van der Waals surface area contributed by atoms with Crippen LogP contribution in [0.3, 0.4) is 0 Å². The van der Waals surface area contributed by atoms with Gasteiger partial charge in [0.05, 0.1) is 9.75 Å². The molecule has 0 aliphatic carbocycles. The van der Waals surface area contributed by atoms with E-state index in [4.69, 9.17) is 5.11 Å². The number of unbranched alkanes of at least 4 members (excludes halogenated alkanes) is 1. The number of rotatable bonds is 6. The van der Waals surface area contributed by atoms with Crippen molar-refractivity contribution in [3.05, 3.63) is 21.9 Å². The van der Waals surface area contributed by atoms with Crippen molar-refractivity contribution in [2.45, 2.75) is 51.7 Å². The van der Waals surface area contributed by atoms with Crippen LogP contribution in [0.4, 0.5) is 0 Å². The minimum atomic E-state index is -1.10. The van der Waals surface area contributed by atoms with Crippen LogP contribution in [-0.2, 0) is 4.79 Å². The maximum atomic E-state index is 12.1. The Bertz CT molecular complexity index is 589. The predicted octanol–water partition coefficient (Wildman–Crippen LogP) is 2.24. The minimum Gasteiger partial charge on any atom is -0.480 e. The SMILES string of the molecule is CCCCC(NC(=O)c1ccc(C#CC(C)(C)O)s1)C(=O)O. The summed E-state index contributed by atoms with van der Waals surface area (Å²) in [6, 6.07) is 2.41. The van der Waals surface area contributed by atoms with E-state index < -0.39 is 23.5 Å². The first-order valence-corrected chi connectivity index (χ1v) is 7.93. The first-order chi connectivity index (χ1) is 10.2. The monoisotopic (exact) mass is 323 g/mol. The van der Waals surface area contributed by atoms with Crippen molar-refractivity contribution in [3.8, 4) is 11.8 Å². The van der Waals surface area contributed by atoms with Crippen LogP contribution in [0.15, 0.2) is 12.1 Å². The molecule has 6 heteroatoms. The van der Waals surface area contributed by atoms with Crippen LogP contribution in [0.1, 0.15) is 54.6 Å². The molecule has 0 aliphatic heterocycles. The zero-order valence-electron chi connectivity index (χ0n) is 13.0. The van der Waals surface area contributed by atoms with Gasteiger partial charge in [-0.25, -0.2) is 4.79 Å². The van der Waals surface area contributed by atoms with Gasteiger partial charge in [-0.2, -0.15) is 0 Å². The first-order valence-electron chi connectivity index (χ1n) is 7.12. The lowest BCUT2D eigenvalue weighted by Gasteiger charge is -2.13. The van der Waals surface area contributed by atoms with E-state index >= 15 is 0 Å². The fourth-order valence-corrected chi connectivity index (χ4v) is 2.40. The zero-order valence-corrected chi connectivity index (χ0v) is 13.8. The Morgan fingerprint density at radius 1 is 1.41 bits per heavy atom. The maximum absolute atomic E-state index is 12.1. The Hall–Kier alpha value is -1.84. The molecule has 120 valence electrons. The molecule has 22 heavy (non-hydrogen) atoms. The summed E-state index contributed by atoms with van der Waals surface area (Å²) < 4.78 is 0. The highest BCUT2D eigenvalue weighted by Gasteiger charge is 2.20. The number of hydrogen-bond donors (Lipinski definition) is 3. The number of carbonyl (C=O) groups excluding carboxylic acids is 1. The van der Waals surface area contributed by atoms with Gasteiger partial charge >= 0.3 is 5.97 Å². The van der Waals surface area contributed by atoms with Gasteiger partial charge in [-0.15, -0.1) is 11.3 Å². The van der Waals surface area contributed by atoms with E-state index in [0.29, 0.717) is 16.2 Å². The molecule has 1 rings (SSSR count). The van der Waals surface area contributed by atoms with Crippen LogP contribution in [-0.4, -0.2) is 33.7 Å². The molecule has 5 nitrogen and oxygen atoms in total. The van der Waals surface area contributed by atoms with Gasteiger partial charge in [0, 0.05) is 0 Å². The molecule has 0 radical (unpaired) electrons. The number of hydrogen-bond acceptors (Lipinski definition) is 4. The van der Waals surface area contributed by atoms with E-state index in [9.17, 15) is 14.7 Å². The summed E-state index contributed by atoms with van der Waals surface area (Å²) in [6.45, 7) is 5.12. The number of amides is 1. The second-order valence-electron chi connectivity index (χ2n) is 5.48. The van der Waals surface area contributed by atoms with Crippen LogP contribution in [0.2, 0.25) is 0 Å². The number of carboxylic acid groups (broad SMARTS) is 1. The normalized spacial score (nSPS) is 12.2. The molecule has 3 N–H and O–H groups in total. The van der Waals surface area contributed by atoms with E-state index in [1.165, 1.54) is 11.3 Å². The van der Waals surface area contributed by atoms with Crippen molar-refractivity contribution in [2.24, 2.45) is 0 Å². The van der Waals surface area contributed by atoms with Gasteiger partial charge in [-0.3, -0.25) is 4.79 Å². The average molecular weight is 323 g/mol. The van der Waals surface area contributed by atoms with E-state index in [-0.39, 0.29) is 0 Å². The number of carboxylic acids is 1. The molecule has 1 amide bonds. The molecule has 0 fully saturated rings. The zero-order chi connectivity index (χ0) is 16.8. The van der Waals surface area contributed by atoms with Crippen LogP contribution in [0.25, 0.3) is 0 Å². The second-order valence-corrected chi connectivity index (χ2v) is 6.56. The molecule has 0 aromatic carbocycles. The van der Waals surface area contributed by atoms with E-state index in [1.807, 2.05) is 6.92 Å². The van der Waals surface area contributed by atoms with Crippen LogP contribution < -0.4 is 5.32 Å².